The van der Waals surface area contributed by atoms with Gasteiger partial charge in [0.15, 0.2) is 0 Å². The number of hydrazone groups is 1. The molecule has 0 aliphatic carbocycles. The number of rotatable bonds is 10. The highest BCUT2D eigenvalue weighted by Gasteiger charge is 2.09. The molecule has 0 saturated carbocycles. The minimum atomic E-state index is -1.45. The van der Waals surface area contributed by atoms with Crippen molar-refractivity contribution in [1.29, 1.82) is 0 Å². The van der Waals surface area contributed by atoms with Crippen LogP contribution in [0.1, 0.15) is 11.1 Å². The molecule has 8 heteroatoms. The number of ether oxygens (including phenoxy) is 1. The summed E-state index contributed by atoms with van der Waals surface area (Å²) < 4.78 is 5.15. The first-order valence-corrected chi connectivity index (χ1v) is 8.50. The molecule has 0 heterocycles. The predicted molar refractivity (Wildman–Crippen MR) is 108 cm³/mol. The highest BCUT2D eigenvalue weighted by molar-refractivity contribution is 6.58. The van der Waals surface area contributed by atoms with Crippen LogP contribution in [0.4, 0.5) is 0 Å². The molecule has 0 fully saturated rings. The zero-order valence-electron chi connectivity index (χ0n) is 15.4. The van der Waals surface area contributed by atoms with E-state index in [9.17, 15) is 0 Å². The molecule has 2 aromatic carbocycles. The molecule has 7 nitrogen and oxygen atoms in total. The molecule has 2 aromatic rings. The van der Waals surface area contributed by atoms with E-state index in [4.69, 9.17) is 20.5 Å². The normalized spacial score (nSPS) is 11.1. The van der Waals surface area contributed by atoms with Crippen LogP contribution in [0, 0.1) is 0 Å². The average molecular weight is 368 g/mol. The summed E-state index contributed by atoms with van der Waals surface area (Å²) in [5, 5.41) is 27.1. The molecule has 0 bridgehead atoms. The molecule has 2 rings (SSSR count). The maximum absolute atomic E-state index is 9.09. The van der Waals surface area contributed by atoms with Gasteiger partial charge >= 0.3 is 7.12 Å². The van der Waals surface area contributed by atoms with Gasteiger partial charge in [0.25, 0.3) is 0 Å². The molecule has 142 valence electrons. The summed E-state index contributed by atoms with van der Waals surface area (Å²) in [6.45, 7) is 5.23. The standard InChI is InChI=1S/C19H25BN4O3/c1-22-24(13-16-5-9-19(27-2)10-6-16)14-18(21)12-23-11-15-3-7-17(8-4-15)20(25)26/h3-10,14,23,25-26H,1,11-13,21H2,2H3/b18-14-. The van der Waals surface area contributed by atoms with Gasteiger partial charge in [0.05, 0.1) is 13.7 Å². The fourth-order valence-electron chi connectivity index (χ4n) is 2.45. The highest BCUT2D eigenvalue weighted by Crippen LogP contribution is 2.13. The number of hydrogen-bond donors (Lipinski definition) is 4. The largest absolute Gasteiger partial charge is 0.497 e. The Labute approximate surface area is 159 Å². The third-order valence-electron chi connectivity index (χ3n) is 3.94. The van der Waals surface area contributed by atoms with E-state index in [1.807, 2.05) is 36.4 Å². The molecule has 0 radical (unpaired) electrons. The quantitative estimate of drug-likeness (QED) is 0.275. The Morgan fingerprint density at radius 3 is 2.37 bits per heavy atom. The number of benzene rings is 2. The van der Waals surface area contributed by atoms with Crippen LogP contribution < -0.4 is 21.3 Å². The van der Waals surface area contributed by atoms with Crippen molar-refractivity contribution in [2.45, 2.75) is 13.1 Å². The van der Waals surface area contributed by atoms with Gasteiger partial charge in [-0.05, 0) is 28.7 Å². The second kappa shape index (κ2) is 10.4. The van der Waals surface area contributed by atoms with Gasteiger partial charge in [0.1, 0.15) is 5.75 Å². The molecule has 5 N–H and O–H groups in total. The smallest absolute Gasteiger partial charge is 0.488 e. The Kier molecular flexibility index (Phi) is 7.88. The van der Waals surface area contributed by atoms with Crippen LogP contribution in [0.5, 0.6) is 5.75 Å². The summed E-state index contributed by atoms with van der Waals surface area (Å²) >= 11 is 0. The second-order valence-corrected chi connectivity index (χ2v) is 6.01. The monoisotopic (exact) mass is 368 g/mol. The van der Waals surface area contributed by atoms with E-state index in [2.05, 4.69) is 17.1 Å². The number of hydrogen-bond acceptors (Lipinski definition) is 7. The van der Waals surface area contributed by atoms with Crippen molar-refractivity contribution in [3.8, 4) is 5.75 Å². The van der Waals surface area contributed by atoms with Gasteiger partial charge in [-0.1, -0.05) is 36.4 Å². The molecule has 0 atom stereocenters. The minimum absolute atomic E-state index is 0.462. The topological polar surface area (TPSA) is 103 Å². The first kappa shape index (κ1) is 20.5. The fourth-order valence-corrected chi connectivity index (χ4v) is 2.45. The fraction of sp³-hybridized carbons (Fsp3) is 0.211. The van der Waals surface area contributed by atoms with Crippen molar-refractivity contribution in [3.63, 3.8) is 0 Å². The van der Waals surface area contributed by atoms with Crippen LogP contribution in [-0.4, -0.2) is 42.5 Å². The van der Waals surface area contributed by atoms with Crippen molar-refractivity contribution in [2.75, 3.05) is 13.7 Å². The van der Waals surface area contributed by atoms with Gasteiger partial charge in [0, 0.05) is 31.7 Å². The highest BCUT2D eigenvalue weighted by atomic mass is 16.5. The molecular formula is C19H25BN4O3. The summed E-state index contributed by atoms with van der Waals surface area (Å²) in [5.74, 6) is 0.803. The average Bonchev–Trinajstić information content (AvgIpc) is 2.68. The third kappa shape index (κ3) is 6.78. The molecular weight excluding hydrogens is 343 g/mol. The molecule has 0 amide bonds. The van der Waals surface area contributed by atoms with Crippen LogP contribution in [0.2, 0.25) is 0 Å². The summed E-state index contributed by atoms with van der Waals surface area (Å²) in [7, 11) is 0.182. The summed E-state index contributed by atoms with van der Waals surface area (Å²) in [4.78, 5) is 0. The lowest BCUT2D eigenvalue weighted by molar-refractivity contribution is 0.389. The van der Waals surface area contributed by atoms with Gasteiger partial charge in [-0.25, -0.2) is 0 Å². The first-order chi connectivity index (χ1) is 13.0. The lowest BCUT2D eigenvalue weighted by atomic mass is 9.80. The SMILES string of the molecule is C=NN(/C=C(\N)CNCc1ccc(B(O)O)cc1)Cc1ccc(OC)cc1. The van der Waals surface area contributed by atoms with Gasteiger partial charge in [-0.15, -0.1) is 0 Å². The predicted octanol–water partition coefficient (Wildman–Crippen LogP) is 0.383. The van der Waals surface area contributed by atoms with Crippen LogP contribution >= 0.6 is 0 Å². The molecule has 0 aliphatic heterocycles. The van der Waals surface area contributed by atoms with Crippen molar-refractivity contribution < 1.29 is 14.8 Å². The van der Waals surface area contributed by atoms with Crippen LogP contribution in [0.3, 0.4) is 0 Å². The second-order valence-electron chi connectivity index (χ2n) is 6.01. The van der Waals surface area contributed by atoms with E-state index in [-0.39, 0.29) is 0 Å². The Balaban J connectivity index is 1.83. The Morgan fingerprint density at radius 1 is 1.19 bits per heavy atom. The van der Waals surface area contributed by atoms with E-state index in [0.717, 1.165) is 16.9 Å². The number of nitrogens with zero attached hydrogens (tertiary/aromatic N) is 2. The minimum Gasteiger partial charge on any atom is -0.497 e. The molecule has 0 unspecified atom stereocenters. The maximum atomic E-state index is 9.09. The zero-order valence-corrected chi connectivity index (χ0v) is 15.4. The van der Waals surface area contributed by atoms with Gasteiger partial charge in [-0.3, -0.25) is 5.01 Å². The van der Waals surface area contributed by atoms with Crippen molar-refractivity contribution >= 4 is 19.3 Å². The van der Waals surface area contributed by atoms with Gasteiger partial charge < -0.3 is 25.8 Å². The summed E-state index contributed by atoms with van der Waals surface area (Å²) in [6, 6.07) is 14.8. The molecule has 0 aliphatic rings. The van der Waals surface area contributed by atoms with Crippen LogP contribution in [0.25, 0.3) is 0 Å². The number of nitrogens with two attached hydrogens (primary N) is 1. The molecule has 0 saturated heterocycles. The lowest BCUT2D eigenvalue weighted by Crippen LogP contribution is -2.29. The van der Waals surface area contributed by atoms with E-state index < -0.39 is 7.12 Å². The Morgan fingerprint density at radius 2 is 1.81 bits per heavy atom. The number of methoxy groups -OCH3 is 1. The van der Waals surface area contributed by atoms with Crippen LogP contribution in [0.15, 0.2) is 65.5 Å². The van der Waals surface area contributed by atoms with Gasteiger partial charge in [0.2, 0.25) is 0 Å². The lowest BCUT2D eigenvalue weighted by Gasteiger charge is -2.16. The van der Waals surface area contributed by atoms with E-state index in [0.29, 0.717) is 30.8 Å². The summed E-state index contributed by atoms with van der Waals surface area (Å²) in [6.07, 6.45) is 1.75. The van der Waals surface area contributed by atoms with E-state index in [1.165, 1.54) is 0 Å². The summed E-state index contributed by atoms with van der Waals surface area (Å²) in [5.41, 5.74) is 9.23. The van der Waals surface area contributed by atoms with E-state index in [1.54, 1.807) is 30.5 Å². The first-order valence-electron chi connectivity index (χ1n) is 8.50. The molecule has 0 spiro atoms. The van der Waals surface area contributed by atoms with Gasteiger partial charge in [-0.2, -0.15) is 5.10 Å². The Hall–Kier alpha value is -2.81. The maximum Gasteiger partial charge on any atom is 0.488 e. The third-order valence-corrected chi connectivity index (χ3v) is 3.94. The van der Waals surface area contributed by atoms with Crippen LogP contribution in [-0.2, 0) is 13.1 Å². The van der Waals surface area contributed by atoms with E-state index >= 15 is 0 Å². The van der Waals surface area contributed by atoms with Crippen molar-refractivity contribution in [1.82, 2.24) is 10.3 Å². The number of nitrogens with one attached hydrogen (secondary N) is 1. The zero-order chi connectivity index (χ0) is 19.6. The molecule has 0 aromatic heterocycles. The Bertz CT molecular complexity index is 749. The molecule has 27 heavy (non-hydrogen) atoms. The van der Waals surface area contributed by atoms with Crippen molar-refractivity contribution in [3.05, 3.63) is 71.6 Å². The van der Waals surface area contributed by atoms with Crippen molar-refractivity contribution in [2.24, 2.45) is 10.8 Å².